The second-order valence-electron chi connectivity index (χ2n) is 5.22. The number of benzene rings is 1. The first-order chi connectivity index (χ1) is 9.94. The van der Waals surface area contributed by atoms with Crippen LogP contribution in [-0.4, -0.2) is 45.0 Å². The molecule has 1 aliphatic heterocycles. The molecule has 2 N–H and O–H groups in total. The molecule has 0 aromatic heterocycles. The predicted octanol–water partition coefficient (Wildman–Crippen LogP) is 0.261. The summed E-state index contributed by atoms with van der Waals surface area (Å²) < 4.78 is 35.3. The van der Waals surface area contributed by atoms with Crippen molar-refractivity contribution in [2.45, 2.75) is 18.9 Å². The smallest absolute Gasteiger partial charge is 0.234 e. The molecular formula is C14H19FN2O3S. The third kappa shape index (κ3) is 5.43. The molecule has 0 aliphatic carbocycles. The van der Waals surface area contributed by atoms with E-state index in [2.05, 4.69) is 10.6 Å². The summed E-state index contributed by atoms with van der Waals surface area (Å²) in [5.41, 5.74) is 0.992. The monoisotopic (exact) mass is 314 g/mol. The number of hydrogen-bond acceptors (Lipinski definition) is 4. The minimum Gasteiger partial charge on any atom is -0.351 e. The second kappa shape index (κ2) is 7.00. The van der Waals surface area contributed by atoms with E-state index in [1.54, 1.807) is 12.1 Å². The molecule has 1 saturated heterocycles. The van der Waals surface area contributed by atoms with E-state index in [1.807, 2.05) is 0 Å². The van der Waals surface area contributed by atoms with Crippen LogP contribution in [0.2, 0.25) is 0 Å². The minimum absolute atomic E-state index is 0.0360. The summed E-state index contributed by atoms with van der Waals surface area (Å²) in [5, 5.41) is 5.70. The minimum atomic E-state index is -2.97. The van der Waals surface area contributed by atoms with Crippen LogP contribution in [0, 0.1) is 5.82 Å². The Hall–Kier alpha value is -1.47. The number of nitrogens with one attached hydrogen (secondary N) is 2. The van der Waals surface area contributed by atoms with Crippen LogP contribution in [0.15, 0.2) is 24.3 Å². The lowest BCUT2D eigenvalue weighted by molar-refractivity contribution is -0.120. The SMILES string of the molecule is O=C(CNCCc1ccc(F)cc1)NC1CCS(=O)(=O)C1. The molecule has 0 radical (unpaired) electrons. The average molecular weight is 314 g/mol. The number of carbonyl (C=O) groups is 1. The van der Waals surface area contributed by atoms with Gasteiger partial charge in [0.1, 0.15) is 5.82 Å². The third-order valence-electron chi connectivity index (χ3n) is 3.39. The lowest BCUT2D eigenvalue weighted by Crippen LogP contribution is -2.41. The second-order valence-corrected chi connectivity index (χ2v) is 7.45. The van der Waals surface area contributed by atoms with Crippen molar-refractivity contribution in [1.82, 2.24) is 10.6 Å². The van der Waals surface area contributed by atoms with E-state index >= 15 is 0 Å². The van der Waals surface area contributed by atoms with Gasteiger partial charge in [-0.05, 0) is 37.1 Å². The highest BCUT2D eigenvalue weighted by Gasteiger charge is 2.28. The molecule has 1 aliphatic rings. The lowest BCUT2D eigenvalue weighted by atomic mass is 10.1. The van der Waals surface area contributed by atoms with Crippen molar-refractivity contribution < 1.29 is 17.6 Å². The van der Waals surface area contributed by atoms with Gasteiger partial charge in [0.25, 0.3) is 0 Å². The Morgan fingerprint density at radius 3 is 2.62 bits per heavy atom. The Balaban J connectivity index is 1.62. The molecule has 1 amide bonds. The Kier molecular flexibility index (Phi) is 5.30. The van der Waals surface area contributed by atoms with Gasteiger partial charge in [-0.2, -0.15) is 0 Å². The molecule has 0 spiro atoms. The van der Waals surface area contributed by atoms with Crippen molar-refractivity contribution in [2.75, 3.05) is 24.6 Å². The zero-order chi connectivity index (χ0) is 15.3. The quantitative estimate of drug-likeness (QED) is 0.739. The Morgan fingerprint density at radius 1 is 1.29 bits per heavy atom. The van der Waals surface area contributed by atoms with E-state index in [4.69, 9.17) is 0 Å². The van der Waals surface area contributed by atoms with Gasteiger partial charge in [0.2, 0.25) is 5.91 Å². The van der Waals surface area contributed by atoms with Gasteiger partial charge in [0, 0.05) is 6.04 Å². The molecule has 1 fully saturated rings. The number of carbonyl (C=O) groups excluding carboxylic acids is 1. The Morgan fingerprint density at radius 2 is 2.00 bits per heavy atom. The molecule has 1 heterocycles. The van der Waals surface area contributed by atoms with Crippen molar-refractivity contribution in [3.63, 3.8) is 0 Å². The Bertz CT molecular complexity index is 587. The van der Waals surface area contributed by atoms with Crippen LogP contribution in [0.4, 0.5) is 4.39 Å². The van der Waals surface area contributed by atoms with Crippen LogP contribution in [0.5, 0.6) is 0 Å². The fourth-order valence-corrected chi connectivity index (χ4v) is 3.95. The summed E-state index contributed by atoms with van der Waals surface area (Å²) in [5.74, 6) is -0.279. The summed E-state index contributed by atoms with van der Waals surface area (Å²) in [4.78, 5) is 11.6. The molecular weight excluding hydrogens is 295 g/mol. The van der Waals surface area contributed by atoms with Crippen LogP contribution in [-0.2, 0) is 21.1 Å². The van der Waals surface area contributed by atoms with Gasteiger partial charge in [0.15, 0.2) is 9.84 Å². The summed E-state index contributed by atoms with van der Waals surface area (Å²) in [6.07, 6.45) is 1.19. The summed E-state index contributed by atoms with van der Waals surface area (Å²) in [6.45, 7) is 0.750. The predicted molar refractivity (Wildman–Crippen MR) is 78.2 cm³/mol. The van der Waals surface area contributed by atoms with Gasteiger partial charge in [-0.25, -0.2) is 12.8 Å². The molecule has 0 bridgehead atoms. The fraction of sp³-hybridized carbons (Fsp3) is 0.500. The first-order valence-electron chi connectivity index (χ1n) is 6.89. The van der Waals surface area contributed by atoms with Gasteiger partial charge in [-0.1, -0.05) is 12.1 Å². The van der Waals surface area contributed by atoms with Crippen LogP contribution in [0.1, 0.15) is 12.0 Å². The van der Waals surface area contributed by atoms with Gasteiger partial charge < -0.3 is 10.6 Å². The van der Waals surface area contributed by atoms with E-state index in [0.29, 0.717) is 19.4 Å². The highest BCUT2D eigenvalue weighted by atomic mass is 32.2. The highest BCUT2D eigenvalue weighted by Crippen LogP contribution is 2.10. The van der Waals surface area contributed by atoms with Crippen LogP contribution in [0.3, 0.4) is 0 Å². The maximum atomic E-state index is 12.7. The van der Waals surface area contributed by atoms with Crippen molar-refractivity contribution in [1.29, 1.82) is 0 Å². The topological polar surface area (TPSA) is 75.3 Å². The molecule has 2 rings (SSSR count). The van der Waals surface area contributed by atoms with E-state index in [0.717, 1.165) is 5.56 Å². The third-order valence-corrected chi connectivity index (χ3v) is 5.15. The molecule has 21 heavy (non-hydrogen) atoms. The van der Waals surface area contributed by atoms with Crippen molar-refractivity contribution >= 4 is 15.7 Å². The zero-order valence-corrected chi connectivity index (χ0v) is 12.5. The fourth-order valence-electron chi connectivity index (χ4n) is 2.27. The summed E-state index contributed by atoms with van der Waals surface area (Å²) in [7, 11) is -2.97. The molecule has 0 saturated carbocycles. The van der Waals surface area contributed by atoms with Crippen LogP contribution < -0.4 is 10.6 Å². The number of sulfone groups is 1. The van der Waals surface area contributed by atoms with Crippen molar-refractivity contribution in [3.05, 3.63) is 35.6 Å². The number of rotatable bonds is 6. The maximum absolute atomic E-state index is 12.7. The zero-order valence-electron chi connectivity index (χ0n) is 11.6. The van der Waals surface area contributed by atoms with Crippen LogP contribution in [0.25, 0.3) is 0 Å². The standard InChI is InChI=1S/C14H19FN2O3S/c15-12-3-1-11(2-4-12)5-7-16-9-14(18)17-13-6-8-21(19,20)10-13/h1-4,13,16H,5-10H2,(H,17,18). The highest BCUT2D eigenvalue weighted by molar-refractivity contribution is 7.91. The first-order valence-corrected chi connectivity index (χ1v) is 8.72. The van der Waals surface area contributed by atoms with Gasteiger partial charge in [0.05, 0.1) is 18.1 Å². The molecule has 7 heteroatoms. The maximum Gasteiger partial charge on any atom is 0.234 e. The van der Waals surface area contributed by atoms with E-state index in [-0.39, 0.29) is 35.8 Å². The van der Waals surface area contributed by atoms with E-state index in [1.165, 1.54) is 12.1 Å². The molecule has 1 unspecified atom stereocenters. The molecule has 1 aromatic rings. The molecule has 116 valence electrons. The molecule has 5 nitrogen and oxygen atoms in total. The lowest BCUT2D eigenvalue weighted by Gasteiger charge is -2.11. The van der Waals surface area contributed by atoms with Crippen molar-refractivity contribution in [3.8, 4) is 0 Å². The molecule has 1 aromatic carbocycles. The van der Waals surface area contributed by atoms with Gasteiger partial charge in [-0.3, -0.25) is 4.79 Å². The normalized spacial score (nSPS) is 20.3. The first kappa shape index (κ1) is 15.9. The van der Waals surface area contributed by atoms with E-state index < -0.39 is 9.84 Å². The van der Waals surface area contributed by atoms with Gasteiger partial charge in [-0.15, -0.1) is 0 Å². The van der Waals surface area contributed by atoms with Gasteiger partial charge >= 0.3 is 0 Å². The average Bonchev–Trinajstić information content (AvgIpc) is 2.76. The summed E-state index contributed by atoms with van der Waals surface area (Å²) in [6, 6.07) is 5.97. The largest absolute Gasteiger partial charge is 0.351 e. The number of halogens is 1. The Labute approximate surface area is 123 Å². The number of amides is 1. The number of hydrogen-bond donors (Lipinski definition) is 2. The van der Waals surface area contributed by atoms with Crippen molar-refractivity contribution in [2.24, 2.45) is 0 Å². The van der Waals surface area contributed by atoms with E-state index in [9.17, 15) is 17.6 Å². The molecule has 1 atom stereocenters. The van der Waals surface area contributed by atoms with Crippen LogP contribution >= 0.6 is 0 Å². The summed E-state index contributed by atoms with van der Waals surface area (Å²) >= 11 is 0.